The normalized spacial score (nSPS) is 13.0. The van der Waals surface area contributed by atoms with Gasteiger partial charge in [-0.2, -0.15) is 0 Å². The van der Waals surface area contributed by atoms with E-state index in [0.29, 0.717) is 22.4 Å². The molecular weight excluding hydrogens is 380 g/mol. The molecule has 1 aliphatic rings. The molecule has 1 aromatic heterocycles. The van der Waals surface area contributed by atoms with Crippen molar-refractivity contribution in [3.63, 3.8) is 0 Å². The van der Waals surface area contributed by atoms with Crippen molar-refractivity contribution in [3.05, 3.63) is 70.6 Å². The van der Waals surface area contributed by atoms with Crippen LogP contribution in [0.25, 0.3) is 11.5 Å². The van der Waals surface area contributed by atoms with Crippen LogP contribution in [0, 0.1) is 6.92 Å². The number of aryl methyl sites for hydroxylation is 1. The van der Waals surface area contributed by atoms with E-state index in [1.807, 2.05) is 54.3 Å². The number of carbonyl (C=O) groups excluding carboxylic acids is 1. The summed E-state index contributed by atoms with van der Waals surface area (Å²) in [6.45, 7) is 2.65. The smallest absolute Gasteiger partial charge is 0.237 e. The van der Waals surface area contributed by atoms with Crippen LogP contribution >= 0.6 is 23.4 Å². The molecule has 3 aromatic rings. The van der Waals surface area contributed by atoms with Crippen LogP contribution in [-0.2, 0) is 17.0 Å². The number of amides is 1. The molecule has 4 nitrogen and oxygen atoms in total. The zero-order valence-electron chi connectivity index (χ0n) is 14.9. The Balaban J connectivity index is 1.39. The zero-order chi connectivity index (χ0) is 18.8. The third kappa shape index (κ3) is 3.75. The molecule has 1 amide bonds. The molecular formula is C21H19ClN2O2S. The van der Waals surface area contributed by atoms with Gasteiger partial charge >= 0.3 is 0 Å². The Morgan fingerprint density at radius 1 is 1.22 bits per heavy atom. The number of nitrogens with zero attached hydrogens (tertiary/aromatic N) is 2. The van der Waals surface area contributed by atoms with Gasteiger partial charge in [-0.3, -0.25) is 4.79 Å². The minimum atomic E-state index is 0.137. The number of oxazole rings is 1. The van der Waals surface area contributed by atoms with Crippen LogP contribution in [0.5, 0.6) is 0 Å². The highest BCUT2D eigenvalue weighted by atomic mass is 35.5. The van der Waals surface area contributed by atoms with Gasteiger partial charge < -0.3 is 9.32 Å². The summed E-state index contributed by atoms with van der Waals surface area (Å²) >= 11 is 7.78. The SMILES string of the molecule is Cc1oc(-c2ccccc2Cl)nc1CSCC(=O)N1CCc2ccccc21. The van der Waals surface area contributed by atoms with Crippen LogP contribution in [0.1, 0.15) is 17.0 Å². The summed E-state index contributed by atoms with van der Waals surface area (Å²) in [5.41, 5.74) is 3.92. The van der Waals surface area contributed by atoms with Crippen LogP contribution in [0.3, 0.4) is 0 Å². The fraction of sp³-hybridized carbons (Fsp3) is 0.238. The van der Waals surface area contributed by atoms with E-state index < -0.39 is 0 Å². The second-order valence-electron chi connectivity index (χ2n) is 6.42. The number of carbonyl (C=O) groups is 1. The first kappa shape index (κ1) is 18.1. The fourth-order valence-corrected chi connectivity index (χ4v) is 4.33. The molecule has 0 fully saturated rings. The second-order valence-corrected chi connectivity index (χ2v) is 7.81. The van der Waals surface area contributed by atoms with E-state index >= 15 is 0 Å². The lowest BCUT2D eigenvalue weighted by Gasteiger charge is -2.16. The van der Waals surface area contributed by atoms with Gasteiger partial charge in [-0.1, -0.05) is 41.9 Å². The topological polar surface area (TPSA) is 46.3 Å². The number of benzene rings is 2. The molecule has 0 unspecified atom stereocenters. The summed E-state index contributed by atoms with van der Waals surface area (Å²) in [6.07, 6.45) is 0.927. The molecule has 0 aliphatic carbocycles. The summed E-state index contributed by atoms with van der Waals surface area (Å²) in [6, 6.07) is 15.6. The van der Waals surface area contributed by atoms with Crippen LogP contribution in [0.2, 0.25) is 5.02 Å². The van der Waals surface area contributed by atoms with E-state index in [2.05, 4.69) is 11.1 Å². The Kier molecular flexibility index (Phi) is 5.23. The number of hydrogen-bond donors (Lipinski definition) is 0. The number of para-hydroxylation sites is 1. The van der Waals surface area contributed by atoms with Crippen molar-refractivity contribution in [2.75, 3.05) is 17.2 Å². The van der Waals surface area contributed by atoms with Crippen LogP contribution < -0.4 is 4.90 Å². The van der Waals surface area contributed by atoms with Crippen molar-refractivity contribution >= 4 is 35.0 Å². The lowest BCUT2D eigenvalue weighted by Crippen LogP contribution is -2.30. The van der Waals surface area contributed by atoms with Crippen LogP contribution in [0.4, 0.5) is 5.69 Å². The molecule has 2 aromatic carbocycles. The number of hydrogen-bond acceptors (Lipinski definition) is 4. The molecule has 0 saturated carbocycles. The van der Waals surface area contributed by atoms with E-state index in [1.54, 1.807) is 11.8 Å². The van der Waals surface area contributed by atoms with Crippen molar-refractivity contribution in [2.24, 2.45) is 0 Å². The van der Waals surface area contributed by atoms with Crippen LogP contribution in [0.15, 0.2) is 52.9 Å². The average molecular weight is 399 g/mol. The van der Waals surface area contributed by atoms with Gasteiger partial charge in [-0.15, -0.1) is 11.8 Å². The maximum absolute atomic E-state index is 12.6. The number of thioether (sulfide) groups is 1. The molecule has 0 atom stereocenters. The molecule has 6 heteroatoms. The maximum atomic E-state index is 12.6. The summed E-state index contributed by atoms with van der Waals surface area (Å²) < 4.78 is 5.78. The lowest BCUT2D eigenvalue weighted by molar-refractivity contribution is -0.116. The van der Waals surface area contributed by atoms with E-state index in [4.69, 9.17) is 16.0 Å². The number of rotatable bonds is 5. The van der Waals surface area contributed by atoms with Crippen molar-refractivity contribution in [1.29, 1.82) is 0 Å². The minimum Gasteiger partial charge on any atom is -0.441 e. The van der Waals surface area contributed by atoms with Gasteiger partial charge in [0.25, 0.3) is 0 Å². The molecule has 1 aliphatic heterocycles. The lowest BCUT2D eigenvalue weighted by atomic mass is 10.2. The first-order chi connectivity index (χ1) is 13.1. The standard InChI is InChI=1S/C21H19ClN2O2S/c1-14-18(23-21(26-14)16-7-3-4-8-17(16)22)12-27-13-20(25)24-11-10-15-6-2-5-9-19(15)24/h2-9H,10-13H2,1H3. The van der Waals surface area contributed by atoms with E-state index in [0.717, 1.165) is 35.7 Å². The first-order valence-corrected chi connectivity index (χ1v) is 10.3. The highest BCUT2D eigenvalue weighted by Gasteiger charge is 2.24. The summed E-state index contributed by atoms with van der Waals surface area (Å²) in [4.78, 5) is 19.1. The third-order valence-electron chi connectivity index (χ3n) is 4.65. The molecule has 2 heterocycles. The van der Waals surface area contributed by atoms with E-state index in [1.165, 1.54) is 5.56 Å². The van der Waals surface area contributed by atoms with Gasteiger partial charge in [0.2, 0.25) is 11.8 Å². The van der Waals surface area contributed by atoms with Crippen molar-refractivity contribution in [1.82, 2.24) is 4.98 Å². The van der Waals surface area contributed by atoms with Gasteiger partial charge in [0.15, 0.2) is 0 Å². The summed E-state index contributed by atoms with van der Waals surface area (Å²) in [5, 5.41) is 0.612. The number of aromatic nitrogens is 1. The van der Waals surface area contributed by atoms with Gasteiger partial charge in [-0.25, -0.2) is 4.98 Å². The highest BCUT2D eigenvalue weighted by molar-refractivity contribution is 7.99. The predicted molar refractivity (Wildman–Crippen MR) is 110 cm³/mol. The minimum absolute atomic E-state index is 0.137. The fourth-order valence-electron chi connectivity index (χ4n) is 3.22. The molecule has 0 saturated heterocycles. The predicted octanol–water partition coefficient (Wildman–Crippen LogP) is 5.13. The summed E-state index contributed by atoms with van der Waals surface area (Å²) in [5.74, 6) is 2.46. The molecule has 0 radical (unpaired) electrons. The number of anilines is 1. The molecule has 138 valence electrons. The van der Waals surface area contributed by atoms with Gasteiger partial charge in [0.05, 0.1) is 22.0 Å². The molecule has 0 spiro atoms. The first-order valence-electron chi connectivity index (χ1n) is 8.80. The second kappa shape index (κ2) is 7.79. The summed E-state index contributed by atoms with van der Waals surface area (Å²) in [7, 11) is 0. The Labute approximate surface area is 167 Å². The van der Waals surface area contributed by atoms with E-state index in [9.17, 15) is 4.79 Å². The monoisotopic (exact) mass is 398 g/mol. The Morgan fingerprint density at radius 3 is 2.85 bits per heavy atom. The Morgan fingerprint density at radius 2 is 2.00 bits per heavy atom. The largest absolute Gasteiger partial charge is 0.441 e. The van der Waals surface area contributed by atoms with Crippen molar-refractivity contribution in [3.8, 4) is 11.5 Å². The number of fused-ring (bicyclic) bond motifs is 1. The molecule has 4 rings (SSSR count). The van der Waals surface area contributed by atoms with Crippen molar-refractivity contribution < 1.29 is 9.21 Å². The van der Waals surface area contributed by atoms with Gasteiger partial charge in [0, 0.05) is 18.0 Å². The van der Waals surface area contributed by atoms with Gasteiger partial charge in [0.1, 0.15) is 5.76 Å². The molecule has 0 N–H and O–H groups in total. The van der Waals surface area contributed by atoms with Gasteiger partial charge in [-0.05, 0) is 37.1 Å². The number of halogens is 1. The average Bonchev–Trinajstić information content (AvgIpc) is 3.26. The third-order valence-corrected chi connectivity index (χ3v) is 5.91. The Hall–Kier alpha value is -2.24. The van der Waals surface area contributed by atoms with E-state index in [-0.39, 0.29) is 5.91 Å². The maximum Gasteiger partial charge on any atom is 0.237 e. The highest BCUT2D eigenvalue weighted by Crippen LogP contribution is 2.30. The van der Waals surface area contributed by atoms with Crippen molar-refractivity contribution in [2.45, 2.75) is 19.1 Å². The molecule has 27 heavy (non-hydrogen) atoms. The Bertz CT molecular complexity index is 986. The zero-order valence-corrected chi connectivity index (χ0v) is 16.5. The quantitative estimate of drug-likeness (QED) is 0.598. The van der Waals surface area contributed by atoms with Crippen LogP contribution in [-0.4, -0.2) is 23.2 Å². The molecule has 0 bridgehead atoms.